The zero-order chi connectivity index (χ0) is 17.1. The van der Waals surface area contributed by atoms with Crippen LogP contribution in [-0.2, 0) is 6.54 Å². The molecule has 2 aliphatic heterocycles. The van der Waals surface area contributed by atoms with Crippen molar-refractivity contribution in [2.75, 3.05) is 46.3 Å². The summed E-state index contributed by atoms with van der Waals surface area (Å²) in [6.07, 6.45) is 4.47. The third-order valence-corrected chi connectivity index (χ3v) is 5.64. The minimum atomic E-state index is 0.552. The normalized spacial score (nSPS) is 23.0. The average Bonchev–Trinajstić information content (AvgIpc) is 3.15. The molecule has 5 heteroatoms. The third-order valence-electron chi connectivity index (χ3n) is 5.64. The summed E-state index contributed by atoms with van der Waals surface area (Å²) < 4.78 is 0. The van der Waals surface area contributed by atoms with Crippen molar-refractivity contribution in [2.24, 2.45) is 0 Å². The summed E-state index contributed by atoms with van der Waals surface area (Å²) in [5.41, 5.74) is 5.23. The fourth-order valence-corrected chi connectivity index (χ4v) is 3.99. The molecule has 2 saturated heterocycles. The van der Waals surface area contributed by atoms with Crippen LogP contribution in [0.5, 0.6) is 0 Å². The predicted octanol–water partition coefficient (Wildman–Crippen LogP) is 2.29. The van der Waals surface area contributed by atoms with Crippen LogP contribution in [0, 0.1) is 0 Å². The maximum absolute atomic E-state index is 4.33. The van der Waals surface area contributed by atoms with Gasteiger partial charge in [-0.1, -0.05) is 24.3 Å². The zero-order valence-corrected chi connectivity index (χ0v) is 15.2. The second-order valence-electron chi connectivity index (χ2n) is 7.52. The molecular weight excluding hydrogens is 310 g/mol. The molecular formula is C20H29N5. The van der Waals surface area contributed by atoms with Gasteiger partial charge in [0.2, 0.25) is 0 Å². The largest absolute Gasteiger partial charge is 0.316 e. The average molecular weight is 339 g/mol. The van der Waals surface area contributed by atoms with E-state index in [2.05, 4.69) is 56.6 Å². The molecule has 134 valence electrons. The van der Waals surface area contributed by atoms with E-state index in [-0.39, 0.29) is 0 Å². The Kier molecular flexibility index (Phi) is 5.15. The number of H-pyrrole nitrogens is 1. The van der Waals surface area contributed by atoms with Crippen LogP contribution in [0.15, 0.2) is 30.5 Å². The highest BCUT2D eigenvalue weighted by Crippen LogP contribution is 2.31. The van der Waals surface area contributed by atoms with Gasteiger partial charge in [-0.3, -0.25) is 10.00 Å². The number of hydrogen-bond donors (Lipinski definition) is 2. The molecule has 2 aliphatic rings. The van der Waals surface area contributed by atoms with E-state index in [1.165, 1.54) is 61.4 Å². The molecule has 1 aromatic carbocycles. The summed E-state index contributed by atoms with van der Waals surface area (Å²) >= 11 is 0. The molecule has 25 heavy (non-hydrogen) atoms. The first-order chi connectivity index (χ1) is 12.3. The van der Waals surface area contributed by atoms with Gasteiger partial charge in [0.1, 0.15) is 0 Å². The number of likely N-dealkylation sites (N-methyl/N-ethyl adjacent to an activating group) is 1. The molecule has 2 N–H and O–H groups in total. The summed E-state index contributed by atoms with van der Waals surface area (Å²) in [6.45, 7) is 7.92. The lowest BCUT2D eigenvalue weighted by Crippen LogP contribution is -2.43. The van der Waals surface area contributed by atoms with Crippen molar-refractivity contribution in [3.05, 3.63) is 41.7 Å². The highest BCUT2D eigenvalue weighted by atomic mass is 15.2. The van der Waals surface area contributed by atoms with Crippen molar-refractivity contribution in [3.63, 3.8) is 0 Å². The maximum Gasteiger partial charge on any atom is 0.0568 e. The quantitative estimate of drug-likeness (QED) is 0.897. The molecule has 0 unspecified atom stereocenters. The summed E-state index contributed by atoms with van der Waals surface area (Å²) in [5.74, 6) is 0.552. The Morgan fingerprint density at radius 1 is 1.12 bits per heavy atom. The summed E-state index contributed by atoms with van der Waals surface area (Å²) in [4.78, 5) is 4.95. The van der Waals surface area contributed by atoms with Gasteiger partial charge in [0.25, 0.3) is 0 Å². The lowest BCUT2D eigenvalue weighted by molar-refractivity contribution is 0.148. The van der Waals surface area contributed by atoms with E-state index in [0.717, 1.165) is 19.6 Å². The van der Waals surface area contributed by atoms with Crippen LogP contribution in [0.4, 0.5) is 0 Å². The van der Waals surface area contributed by atoms with Gasteiger partial charge in [-0.25, -0.2) is 0 Å². The standard InChI is InChI=1S/C20H29N5/c1-24-9-11-25(12-10-24)15-16-4-6-17(7-5-16)19-14-22-23-20(19)18-3-2-8-21-13-18/h4-7,14,18,21H,2-3,8-13,15H2,1H3,(H,22,23)/t18-/m1/s1. The van der Waals surface area contributed by atoms with Crippen LogP contribution in [0.1, 0.15) is 30.0 Å². The molecule has 0 saturated carbocycles. The van der Waals surface area contributed by atoms with Crippen LogP contribution in [0.25, 0.3) is 11.1 Å². The minimum Gasteiger partial charge on any atom is -0.316 e. The highest BCUT2D eigenvalue weighted by Gasteiger charge is 2.20. The fraction of sp³-hybridized carbons (Fsp3) is 0.550. The highest BCUT2D eigenvalue weighted by molar-refractivity contribution is 5.66. The van der Waals surface area contributed by atoms with Gasteiger partial charge in [0.05, 0.1) is 6.20 Å². The molecule has 4 rings (SSSR count). The van der Waals surface area contributed by atoms with Crippen molar-refractivity contribution in [2.45, 2.75) is 25.3 Å². The number of nitrogens with one attached hydrogen (secondary N) is 2. The first-order valence-corrected chi connectivity index (χ1v) is 9.54. The van der Waals surface area contributed by atoms with Crippen LogP contribution >= 0.6 is 0 Å². The number of benzene rings is 1. The monoisotopic (exact) mass is 339 g/mol. The van der Waals surface area contributed by atoms with Gasteiger partial charge < -0.3 is 10.2 Å². The molecule has 0 spiro atoms. The van der Waals surface area contributed by atoms with Crippen LogP contribution in [0.3, 0.4) is 0 Å². The smallest absolute Gasteiger partial charge is 0.0568 e. The topological polar surface area (TPSA) is 47.2 Å². The molecule has 5 nitrogen and oxygen atoms in total. The van der Waals surface area contributed by atoms with E-state index in [1.807, 2.05) is 6.20 Å². The second-order valence-corrected chi connectivity index (χ2v) is 7.52. The van der Waals surface area contributed by atoms with Crippen molar-refractivity contribution >= 4 is 0 Å². The number of piperazine rings is 1. The Morgan fingerprint density at radius 2 is 1.92 bits per heavy atom. The van der Waals surface area contributed by atoms with E-state index in [1.54, 1.807) is 0 Å². The van der Waals surface area contributed by atoms with Gasteiger partial charge in [0.15, 0.2) is 0 Å². The number of piperidine rings is 1. The van der Waals surface area contributed by atoms with Crippen molar-refractivity contribution in [1.29, 1.82) is 0 Å². The minimum absolute atomic E-state index is 0.552. The predicted molar refractivity (Wildman–Crippen MR) is 102 cm³/mol. The van der Waals surface area contributed by atoms with Gasteiger partial charge >= 0.3 is 0 Å². The number of rotatable bonds is 4. The van der Waals surface area contributed by atoms with E-state index < -0.39 is 0 Å². The van der Waals surface area contributed by atoms with E-state index >= 15 is 0 Å². The van der Waals surface area contributed by atoms with Crippen molar-refractivity contribution < 1.29 is 0 Å². The van der Waals surface area contributed by atoms with Gasteiger partial charge in [-0.2, -0.15) is 5.10 Å². The number of aromatic amines is 1. The molecule has 0 amide bonds. The molecule has 1 aromatic heterocycles. The van der Waals surface area contributed by atoms with E-state index in [9.17, 15) is 0 Å². The van der Waals surface area contributed by atoms with Gasteiger partial charge in [-0.05, 0) is 37.6 Å². The first-order valence-electron chi connectivity index (χ1n) is 9.54. The van der Waals surface area contributed by atoms with E-state index in [0.29, 0.717) is 5.92 Å². The van der Waals surface area contributed by atoms with Crippen LogP contribution in [0.2, 0.25) is 0 Å². The summed E-state index contributed by atoms with van der Waals surface area (Å²) in [7, 11) is 2.20. The van der Waals surface area contributed by atoms with Crippen molar-refractivity contribution in [3.8, 4) is 11.1 Å². The Morgan fingerprint density at radius 3 is 2.64 bits per heavy atom. The lowest BCUT2D eigenvalue weighted by Gasteiger charge is -2.32. The second kappa shape index (κ2) is 7.68. The summed E-state index contributed by atoms with van der Waals surface area (Å²) in [6, 6.07) is 9.08. The Bertz CT molecular complexity index is 664. The SMILES string of the molecule is CN1CCN(Cc2ccc(-c3cn[nH]c3[C@@H]3CCCNC3)cc2)CC1. The van der Waals surface area contributed by atoms with Gasteiger partial charge in [0, 0.05) is 56.4 Å². The third kappa shape index (κ3) is 3.94. The van der Waals surface area contributed by atoms with Gasteiger partial charge in [-0.15, -0.1) is 0 Å². The Labute approximate surface area is 150 Å². The zero-order valence-electron chi connectivity index (χ0n) is 15.2. The first kappa shape index (κ1) is 16.8. The Hall–Kier alpha value is -1.69. The lowest BCUT2D eigenvalue weighted by atomic mass is 9.91. The van der Waals surface area contributed by atoms with E-state index in [4.69, 9.17) is 0 Å². The van der Waals surface area contributed by atoms with Crippen LogP contribution in [-0.4, -0.2) is 66.3 Å². The number of nitrogens with zero attached hydrogens (tertiary/aromatic N) is 3. The molecule has 2 aromatic rings. The van der Waals surface area contributed by atoms with Crippen molar-refractivity contribution in [1.82, 2.24) is 25.3 Å². The number of hydrogen-bond acceptors (Lipinski definition) is 4. The molecule has 2 fully saturated rings. The molecule has 3 heterocycles. The number of aromatic nitrogens is 2. The maximum atomic E-state index is 4.33. The summed E-state index contributed by atoms with van der Waals surface area (Å²) in [5, 5.41) is 11.1. The molecule has 0 radical (unpaired) electrons. The molecule has 0 aliphatic carbocycles. The van der Waals surface area contributed by atoms with Crippen LogP contribution < -0.4 is 5.32 Å². The Balaban J connectivity index is 1.45. The molecule has 0 bridgehead atoms. The fourth-order valence-electron chi connectivity index (χ4n) is 3.99. The molecule has 1 atom stereocenters.